The van der Waals surface area contributed by atoms with Crippen LogP contribution < -0.4 is 5.32 Å². The topological polar surface area (TPSA) is 12.0 Å². The lowest BCUT2D eigenvalue weighted by atomic mass is 9.67. The van der Waals surface area contributed by atoms with Gasteiger partial charge in [0.25, 0.3) is 0 Å². The quantitative estimate of drug-likeness (QED) is 0.792. The van der Waals surface area contributed by atoms with Gasteiger partial charge >= 0.3 is 0 Å². The van der Waals surface area contributed by atoms with Gasteiger partial charge < -0.3 is 5.32 Å². The van der Waals surface area contributed by atoms with Crippen LogP contribution in [0.4, 0.5) is 13.2 Å². The van der Waals surface area contributed by atoms with Crippen LogP contribution in [0.1, 0.15) is 38.2 Å². The molecule has 0 heterocycles. The molecule has 1 aliphatic rings. The van der Waals surface area contributed by atoms with E-state index in [1.807, 2.05) is 0 Å². The van der Waals surface area contributed by atoms with Crippen LogP contribution in [0.15, 0.2) is 12.1 Å². The molecule has 18 heavy (non-hydrogen) atoms. The molecule has 0 spiro atoms. The SMILES string of the molecule is CCC1(CNCc2cc(F)c(F)c(F)c2)CCC1. The largest absolute Gasteiger partial charge is 0.312 e. The molecule has 1 fully saturated rings. The maximum atomic E-state index is 13.0. The summed E-state index contributed by atoms with van der Waals surface area (Å²) < 4.78 is 38.8. The molecular weight excluding hydrogens is 239 g/mol. The van der Waals surface area contributed by atoms with Crippen molar-refractivity contribution in [3.8, 4) is 0 Å². The lowest BCUT2D eigenvalue weighted by molar-refractivity contribution is 0.124. The Hall–Kier alpha value is -1.03. The van der Waals surface area contributed by atoms with Crippen LogP contribution in [-0.2, 0) is 6.54 Å². The van der Waals surface area contributed by atoms with Crippen molar-refractivity contribution in [3.63, 3.8) is 0 Å². The Bertz CT molecular complexity index is 399. The van der Waals surface area contributed by atoms with E-state index in [1.54, 1.807) is 0 Å². The molecule has 0 bridgehead atoms. The summed E-state index contributed by atoms with van der Waals surface area (Å²) in [4.78, 5) is 0. The molecule has 0 amide bonds. The van der Waals surface area contributed by atoms with Crippen LogP contribution in [0.5, 0.6) is 0 Å². The van der Waals surface area contributed by atoms with E-state index in [9.17, 15) is 13.2 Å². The summed E-state index contributed by atoms with van der Waals surface area (Å²) in [5, 5.41) is 3.21. The highest BCUT2D eigenvalue weighted by Gasteiger charge is 2.34. The van der Waals surface area contributed by atoms with E-state index < -0.39 is 17.5 Å². The van der Waals surface area contributed by atoms with Crippen molar-refractivity contribution in [1.29, 1.82) is 0 Å². The van der Waals surface area contributed by atoms with Gasteiger partial charge in [-0.3, -0.25) is 0 Å². The molecule has 1 aromatic rings. The van der Waals surface area contributed by atoms with Crippen LogP contribution >= 0.6 is 0 Å². The zero-order valence-electron chi connectivity index (χ0n) is 10.5. The summed E-state index contributed by atoms with van der Waals surface area (Å²) in [6.45, 7) is 3.39. The van der Waals surface area contributed by atoms with Gasteiger partial charge in [-0.2, -0.15) is 0 Å². The third-order valence-electron chi connectivity index (χ3n) is 4.04. The zero-order chi connectivity index (χ0) is 13.2. The minimum absolute atomic E-state index is 0.358. The van der Waals surface area contributed by atoms with Crippen molar-refractivity contribution in [2.24, 2.45) is 5.41 Å². The van der Waals surface area contributed by atoms with E-state index in [4.69, 9.17) is 0 Å². The average Bonchev–Trinajstić information content (AvgIpc) is 2.29. The van der Waals surface area contributed by atoms with Gasteiger partial charge in [-0.1, -0.05) is 13.3 Å². The predicted molar refractivity (Wildman–Crippen MR) is 64.6 cm³/mol. The van der Waals surface area contributed by atoms with Crippen molar-refractivity contribution in [3.05, 3.63) is 35.1 Å². The molecule has 0 atom stereocenters. The molecule has 1 N–H and O–H groups in total. The van der Waals surface area contributed by atoms with E-state index in [0.717, 1.165) is 25.1 Å². The number of nitrogens with one attached hydrogen (secondary N) is 1. The summed E-state index contributed by atoms with van der Waals surface area (Å²) in [5.41, 5.74) is 0.800. The molecule has 0 radical (unpaired) electrons. The zero-order valence-corrected chi connectivity index (χ0v) is 10.5. The van der Waals surface area contributed by atoms with Gasteiger partial charge in [-0.15, -0.1) is 0 Å². The van der Waals surface area contributed by atoms with E-state index in [-0.39, 0.29) is 0 Å². The number of rotatable bonds is 5. The number of halogens is 3. The molecule has 0 aromatic heterocycles. The maximum Gasteiger partial charge on any atom is 0.194 e. The first-order valence-corrected chi connectivity index (χ1v) is 6.40. The second-order valence-electron chi connectivity index (χ2n) is 5.18. The molecule has 100 valence electrons. The standard InChI is InChI=1S/C14H18F3N/c1-2-14(4-3-5-14)9-18-8-10-6-11(15)13(17)12(16)7-10/h6-7,18H,2-5,8-9H2,1H3. The van der Waals surface area contributed by atoms with Gasteiger partial charge in [-0.25, -0.2) is 13.2 Å². The monoisotopic (exact) mass is 257 g/mol. The lowest BCUT2D eigenvalue weighted by Crippen LogP contribution is -2.39. The predicted octanol–water partition coefficient (Wildman–Crippen LogP) is 3.77. The lowest BCUT2D eigenvalue weighted by Gasteiger charge is -2.41. The third-order valence-corrected chi connectivity index (χ3v) is 4.04. The molecule has 0 aliphatic heterocycles. The molecule has 4 heteroatoms. The van der Waals surface area contributed by atoms with E-state index in [2.05, 4.69) is 12.2 Å². The second kappa shape index (κ2) is 5.31. The van der Waals surface area contributed by atoms with E-state index in [0.29, 0.717) is 17.5 Å². The molecule has 1 nitrogen and oxygen atoms in total. The Balaban J connectivity index is 1.90. The van der Waals surface area contributed by atoms with Gasteiger partial charge in [0.2, 0.25) is 0 Å². The summed E-state index contributed by atoms with van der Waals surface area (Å²) >= 11 is 0. The van der Waals surface area contributed by atoms with Crippen molar-refractivity contribution in [1.82, 2.24) is 5.32 Å². The summed E-state index contributed by atoms with van der Waals surface area (Å²) in [5.74, 6) is -3.65. The first-order chi connectivity index (χ1) is 8.56. The van der Waals surface area contributed by atoms with Crippen LogP contribution in [0.3, 0.4) is 0 Å². The third kappa shape index (κ3) is 2.69. The van der Waals surface area contributed by atoms with Gasteiger partial charge in [0.15, 0.2) is 17.5 Å². The van der Waals surface area contributed by atoms with Gasteiger partial charge in [0, 0.05) is 13.1 Å². The molecule has 1 aliphatic carbocycles. The number of hydrogen-bond acceptors (Lipinski definition) is 1. The fourth-order valence-corrected chi connectivity index (χ4v) is 2.51. The van der Waals surface area contributed by atoms with Crippen LogP contribution in [0, 0.1) is 22.9 Å². The van der Waals surface area contributed by atoms with Crippen LogP contribution in [0.25, 0.3) is 0 Å². The Morgan fingerprint density at radius 1 is 1.17 bits per heavy atom. The van der Waals surface area contributed by atoms with Gasteiger partial charge in [-0.05, 0) is 42.4 Å². The van der Waals surface area contributed by atoms with E-state index >= 15 is 0 Å². The van der Waals surface area contributed by atoms with Gasteiger partial charge in [0.1, 0.15) is 0 Å². The number of benzene rings is 1. The van der Waals surface area contributed by atoms with Crippen molar-refractivity contribution in [2.45, 2.75) is 39.2 Å². The summed E-state index contributed by atoms with van der Waals surface area (Å²) in [6.07, 6.45) is 4.80. The Kier molecular flexibility index (Phi) is 3.95. The highest BCUT2D eigenvalue weighted by Crippen LogP contribution is 2.43. The van der Waals surface area contributed by atoms with Gasteiger partial charge in [0.05, 0.1) is 0 Å². The molecule has 0 saturated heterocycles. The fraction of sp³-hybridized carbons (Fsp3) is 0.571. The minimum Gasteiger partial charge on any atom is -0.312 e. The first-order valence-electron chi connectivity index (χ1n) is 6.40. The maximum absolute atomic E-state index is 13.0. The Labute approximate surface area is 105 Å². The average molecular weight is 257 g/mol. The molecule has 1 aromatic carbocycles. The molecule has 0 unspecified atom stereocenters. The summed E-state index contributed by atoms with van der Waals surface area (Å²) in [7, 11) is 0. The molecule has 1 saturated carbocycles. The normalized spacial score (nSPS) is 17.6. The fourth-order valence-electron chi connectivity index (χ4n) is 2.51. The highest BCUT2D eigenvalue weighted by atomic mass is 19.2. The molecule has 2 rings (SSSR count). The summed E-state index contributed by atoms with van der Waals surface area (Å²) in [6, 6.07) is 2.09. The molecular formula is C14H18F3N. The minimum atomic E-state index is -1.40. The smallest absolute Gasteiger partial charge is 0.194 e. The Morgan fingerprint density at radius 2 is 1.78 bits per heavy atom. The van der Waals surface area contributed by atoms with Crippen molar-refractivity contribution in [2.75, 3.05) is 6.54 Å². The first kappa shape index (κ1) is 13.4. The van der Waals surface area contributed by atoms with Crippen molar-refractivity contribution >= 4 is 0 Å². The van der Waals surface area contributed by atoms with E-state index in [1.165, 1.54) is 19.3 Å². The second-order valence-corrected chi connectivity index (χ2v) is 5.18. The van der Waals surface area contributed by atoms with Crippen molar-refractivity contribution < 1.29 is 13.2 Å². The highest BCUT2D eigenvalue weighted by molar-refractivity contribution is 5.19. The number of hydrogen-bond donors (Lipinski definition) is 1. The van der Waals surface area contributed by atoms with Crippen LogP contribution in [0.2, 0.25) is 0 Å². The Morgan fingerprint density at radius 3 is 2.22 bits per heavy atom. The van der Waals surface area contributed by atoms with Crippen LogP contribution in [-0.4, -0.2) is 6.54 Å².